The normalized spacial score (nSPS) is 12.0. The second-order valence-corrected chi connectivity index (χ2v) is 1.55. The third-order valence-corrected chi connectivity index (χ3v) is 0.718. The predicted octanol–water partition coefficient (Wildman–Crippen LogP) is 1.60. The molecule has 0 atom stereocenters. The van der Waals surface area contributed by atoms with Crippen molar-refractivity contribution in [3.05, 3.63) is 0 Å². The molecule has 0 aromatic rings. The summed E-state index contributed by atoms with van der Waals surface area (Å²) >= 11 is 0. The van der Waals surface area contributed by atoms with Crippen LogP contribution in [0.5, 0.6) is 0 Å². The molecule has 0 heterocycles. The highest BCUT2D eigenvalue weighted by Crippen LogP contribution is 2.12. The van der Waals surface area contributed by atoms with Crippen LogP contribution in [0.2, 0.25) is 0 Å². The fourth-order valence-electron chi connectivity index (χ4n) is 0.107. The lowest BCUT2D eigenvalue weighted by atomic mass is 10.2. The Balaban J connectivity index is 3.58. The molecule has 0 aromatic carbocycles. The summed E-state index contributed by atoms with van der Waals surface area (Å²) < 4.78 is 45.4. The Hall–Kier alpha value is -0.280. The van der Waals surface area contributed by atoms with E-state index in [1.165, 1.54) is 0 Å². The predicted molar refractivity (Wildman–Crippen MR) is 21.8 cm³/mol. The van der Waals surface area contributed by atoms with Gasteiger partial charge in [0.2, 0.25) is 0 Å². The van der Waals surface area contributed by atoms with Crippen LogP contribution in [0.25, 0.3) is 0 Å². The molecule has 0 spiro atoms. The summed E-state index contributed by atoms with van der Waals surface area (Å²) in [6, 6.07) is 0. The van der Waals surface area contributed by atoms with Crippen LogP contribution < -0.4 is 0 Å². The van der Waals surface area contributed by atoms with Gasteiger partial charge in [0.25, 0.3) is 0 Å². The maximum absolute atomic E-state index is 11.9. The molecule has 0 unspecified atom stereocenters. The Labute approximate surface area is 44.5 Å². The van der Waals surface area contributed by atoms with Crippen LogP contribution >= 0.6 is 0 Å². The largest absolute Gasteiger partial charge is 0.247 e. The van der Waals surface area contributed by atoms with Crippen molar-refractivity contribution < 1.29 is 17.6 Å². The third kappa shape index (κ3) is 1.68. The average molecular weight is 130 g/mol. The molecule has 0 aliphatic carbocycles. The zero-order valence-corrected chi connectivity index (χ0v) is 4.13. The van der Waals surface area contributed by atoms with Crippen molar-refractivity contribution in [2.24, 2.45) is 0 Å². The van der Waals surface area contributed by atoms with Gasteiger partial charge in [0.15, 0.2) is 5.67 Å². The molecule has 4 heteroatoms. The van der Waals surface area contributed by atoms with Crippen LogP contribution in [-0.2, 0) is 0 Å². The Kier molecular flexibility index (Phi) is 2.79. The minimum Gasteiger partial charge on any atom is -0.247 e. The molecule has 0 saturated heterocycles. The Morgan fingerprint density at radius 3 is 1.12 bits per heavy atom. The van der Waals surface area contributed by atoms with Crippen molar-refractivity contribution in [3.63, 3.8) is 0 Å². The van der Waals surface area contributed by atoms with E-state index < -0.39 is 25.7 Å². The molecule has 0 aromatic heterocycles. The summed E-state index contributed by atoms with van der Waals surface area (Å²) in [4.78, 5) is 0. The molecule has 0 radical (unpaired) electrons. The van der Waals surface area contributed by atoms with Gasteiger partial charge in [-0.3, -0.25) is 0 Å². The van der Waals surface area contributed by atoms with Gasteiger partial charge in [0, 0.05) is 0 Å². The zero-order chi connectivity index (χ0) is 6.62. The molecule has 0 rings (SSSR count). The maximum atomic E-state index is 11.9. The first-order valence-electron chi connectivity index (χ1n) is 2.05. The van der Waals surface area contributed by atoms with E-state index in [1.807, 2.05) is 0 Å². The molecule has 0 saturated carbocycles. The van der Waals surface area contributed by atoms with Gasteiger partial charge in [0.1, 0.15) is 20.0 Å². The monoisotopic (exact) mass is 130 g/mol. The van der Waals surface area contributed by atoms with Crippen molar-refractivity contribution >= 4 is 0 Å². The average Bonchev–Trinajstić information content (AvgIpc) is 1.87. The van der Waals surface area contributed by atoms with Gasteiger partial charge in [0.05, 0.1) is 0 Å². The van der Waals surface area contributed by atoms with Gasteiger partial charge >= 0.3 is 0 Å². The van der Waals surface area contributed by atoms with Gasteiger partial charge in [-0.05, 0) is 0 Å². The van der Waals surface area contributed by atoms with Gasteiger partial charge < -0.3 is 0 Å². The summed E-state index contributed by atoms with van der Waals surface area (Å²) in [5.41, 5.74) is -2.88. The van der Waals surface area contributed by atoms with E-state index in [-0.39, 0.29) is 0 Å². The lowest BCUT2D eigenvalue weighted by Gasteiger charge is -2.11. The SMILES string of the molecule is FCC(F)(CF)CF. The van der Waals surface area contributed by atoms with Gasteiger partial charge in [-0.25, -0.2) is 17.6 Å². The Bertz CT molecular complexity index is 50.8. The standard InChI is InChI=1S/C4H6F4/c5-1-4(8,2-6)3-7/h1-3H2. The maximum Gasteiger partial charge on any atom is 0.195 e. The lowest BCUT2D eigenvalue weighted by molar-refractivity contribution is 0.0587. The number of hydrogen-bond donors (Lipinski definition) is 0. The first-order valence-corrected chi connectivity index (χ1v) is 2.05. The molecular formula is C4H6F4. The molecule has 50 valence electrons. The molecular weight excluding hydrogens is 124 g/mol. The van der Waals surface area contributed by atoms with Crippen molar-refractivity contribution in [3.8, 4) is 0 Å². The molecule has 0 fully saturated rings. The van der Waals surface area contributed by atoms with E-state index in [9.17, 15) is 17.6 Å². The second-order valence-electron chi connectivity index (χ2n) is 1.55. The summed E-state index contributed by atoms with van der Waals surface area (Å²) in [7, 11) is 0. The fraction of sp³-hybridized carbons (Fsp3) is 1.00. The first-order chi connectivity index (χ1) is 3.68. The van der Waals surface area contributed by atoms with E-state index in [2.05, 4.69) is 0 Å². The van der Waals surface area contributed by atoms with Crippen molar-refractivity contribution in [1.82, 2.24) is 0 Å². The lowest BCUT2D eigenvalue weighted by Crippen LogP contribution is -2.30. The molecule has 0 nitrogen and oxygen atoms in total. The summed E-state index contributed by atoms with van der Waals surface area (Å²) in [6.45, 7) is -4.79. The number of halogens is 4. The van der Waals surface area contributed by atoms with E-state index in [1.54, 1.807) is 0 Å². The third-order valence-electron chi connectivity index (χ3n) is 0.718. The Morgan fingerprint density at radius 1 is 0.875 bits per heavy atom. The van der Waals surface area contributed by atoms with Crippen molar-refractivity contribution in [2.75, 3.05) is 20.0 Å². The van der Waals surface area contributed by atoms with E-state index >= 15 is 0 Å². The second kappa shape index (κ2) is 2.89. The highest BCUT2D eigenvalue weighted by molar-refractivity contribution is 4.75. The highest BCUT2D eigenvalue weighted by Gasteiger charge is 2.29. The van der Waals surface area contributed by atoms with Crippen molar-refractivity contribution in [2.45, 2.75) is 5.67 Å². The van der Waals surface area contributed by atoms with E-state index in [0.29, 0.717) is 0 Å². The topological polar surface area (TPSA) is 0 Å². The molecule has 0 amide bonds. The first kappa shape index (κ1) is 7.72. The van der Waals surface area contributed by atoms with Crippen LogP contribution in [0, 0.1) is 0 Å². The molecule has 0 N–H and O–H groups in total. The number of hydrogen-bond acceptors (Lipinski definition) is 0. The highest BCUT2D eigenvalue weighted by atomic mass is 19.2. The molecule has 0 aliphatic rings. The minimum absolute atomic E-state index is 1.60. The molecule has 0 aliphatic heterocycles. The van der Waals surface area contributed by atoms with Crippen LogP contribution in [-0.4, -0.2) is 25.7 Å². The summed E-state index contributed by atoms with van der Waals surface area (Å²) in [6.07, 6.45) is 0. The fourth-order valence-corrected chi connectivity index (χ4v) is 0.107. The van der Waals surface area contributed by atoms with Crippen LogP contribution in [0.4, 0.5) is 17.6 Å². The molecule has 8 heavy (non-hydrogen) atoms. The van der Waals surface area contributed by atoms with Crippen LogP contribution in [0.1, 0.15) is 0 Å². The van der Waals surface area contributed by atoms with E-state index in [4.69, 9.17) is 0 Å². The van der Waals surface area contributed by atoms with Gasteiger partial charge in [-0.2, -0.15) is 0 Å². The zero-order valence-electron chi connectivity index (χ0n) is 4.13. The summed E-state index contributed by atoms with van der Waals surface area (Å²) in [5.74, 6) is 0. The summed E-state index contributed by atoms with van der Waals surface area (Å²) in [5, 5.41) is 0. The van der Waals surface area contributed by atoms with E-state index in [0.717, 1.165) is 0 Å². The smallest absolute Gasteiger partial charge is 0.195 e. The van der Waals surface area contributed by atoms with Crippen LogP contribution in [0.15, 0.2) is 0 Å². The minimum atomic E-state index is -2.88. The van der Waals surface area contributed by atoms with Gasteiger partial charge in [-0.1, -0.05) is 0 Å². The quantitative estimate of drug-likeness (QED) is 0.509. The number of alkyl halides is 4. The Morgan fingerprint density at radius 2 is 1.12 bits per heavy atom. The number of rotatable bonds is 3. The van der Waals surface area contributed by atoms with Crippen molar-refractivity contribution in [1.29, 1.82) is 0 Å². The molecule has 0 bridgehead atoms. The van der Waals surface area contributed by atoms with Gasteiger partial charge in [-0.15, -0.1) is 0 Å². The van der Waals surface area contributed by atoms with Crippen LogP contribution in [0.3, 0.4) is 0 Å².